The molecule has 2 rings (SSSR count). The molecule has 1 fully saturated rings. The third kappa shape index (κ3) is 2.61. The number of nitrogens with two attached hydrogens (primary N) is 1. The number of esters is 1. The van der Waals surface area contributed by atoms with Gasteiger partial charge in [-0.05, 0) is 19.3 Å². The van der Waals surface area contributed by atoms with Crippen LogP contribution < -0.4 is 11.1 Å². The van der Waals surface area contributed by atoms with Gasteiger partial charge in [0.15, 0.2) is 5.82 Å². The number of methoxy groups -OCH3 is 1. The van der Waals surface area contributed by atoms with Gasteiger partial charge in [-0.1, -0.05) is 0 Å². The molecule has 0 unspecified atom stereocenters. The monoisotopic (exact) mass is 268 g/mol. The Morgan fingerprint density at radius 2 is 2.26 bits per heavy atom. The number of hydrogen-bond donors (Lipinski definition) is 3. The first-order chi connectivity index (χ1) is 9.02. The van der Waals surface area contributed by atoms with E-state index in [2.05, 4.69) is 15.2 Å². The summed E-state index contributed by atoms with van der Waals surface area (Å²) in [6.45, 7) is -0.401. The lowest BCUT2D eigenvalue weighted by Crippen LogP contribution is -2.28. The van der Waals surface area contributed by atoms with Crippen LogP contribution in [0.5, 0.6) is 0 Å². The minimum absolute atomic E-state index is 0.00364. The number of aromatic nitrogens is 2. The van der Waals surface area contributed by atoms with Crippen LogP contribution in [-0.2, 0) is 16.1 Å². The Bertz CT molecular complexity index is 507. The zero-order valence-corrected chi connectivity index (χ0v) is 10.5. The second-order valence-electron chi connectivity index (χ2n) is 4.42. The molecule has 1 heterocycles. The lowest BCUT2D eigenvalue weighted by molar-refractivity contribution is -0.137. The van der Waals surface area contributed by atoms with Crippen LogP contribution in [0.4, 0.5) is 11.6 Å². The standard InChI is InChI=1S/C11H16N4O4/c1-19-11(18)8-9(12)15(5-7(16)17)14-10(8)13-6-3-2-4-6/h6H,2-5,12H2,1H3,(H,13,14)(H,16,17). The molecular formula is C11H16N4O4. The first kappa shape index (κ1) is 13.2. The number of carboxylic acids is 1. The predicted molar refractivity (Wildman–Crippen MR) is 66.9 cm³/mol. The van der Waals surface area contributed by atoms with Gasteiger partial charge in [0.1, 0.15) is 17.9 Å². The maximum absolute atomic E-state index is 11.7. The third-order valence-corrected chi connectivity index (χ3v) is 3.11. The van der Waals surface area contributed by atoms with Gasteiger partial charge in [0.2, 0.25) is 0 Å². The fourth-order valence-electron chi connectivity index (χ4n) is 1.87. The number of carboxylic acid groups (broad SMARTS) is 1. The molecule has 0 aromatic carbocycles. The third-order valence-electron chi connectivity index (χ3n) is 3.11. The number of nitrogens with zero attached hydrogens (tertiary/aromatic N) is 2. The molecule has 19 heavy (non-hydrogen) atoms. The minimum atomic E-state index is -1.08. The SMILES string of the molecule is COC(=O)c1c(NC2CCC2)nn(CC(=O)O)c1N. The van der Waals surface area contributed by atoms with Crippen molar-refractivity contribution < 1.29 is 19.4 Å². The second-order valence-corrected chi connectivity index (χ2v) is 4.42. The molecule has 8 heteroatoms. The molecule has 0 spiro atoms. The number of hydrogen-bond acceptors (Lipinski definition) is 6. The van der Waals surface area contributed by atoms with E-state index >= 15 is 0 Å². The van der Waals surface area contributed by atoms with E-state index in [-0.39, 0.29) is 23.2 Å². The van der Waals surface area contributed by atoms with E-state index in [9.17, 15) is 9.59 Å². The van der Waals surface area contributed by atoms with Gasteiger partial charge in [-0.25, -0.2) is 9.48 Å². The molecule has 8 nitrogen and oxygen atoms in total. The average molecular weight is 268 g/mol. The number of nitrogens with one attached hydrogen (secondary N) is 1. The van der Waals surface area contributed by atoms with E-state index in [1.165, 1.54) is 7.11 Å². The Labute approximate surface area is 109 Å². The molecule has 0 radical (unpaired) electrons. The van der Waals surface area contributed by atoms with Crippen LogP contribution in [0.1, 0.15) is 29.6 Å². The van der Waals surface area contributed by atoms with Crippen molar-refractivity contribution in [2.45, 2.75) is 31.8 Å². The van der Waals surface area contributed by atoms with Crippen LogP contribution >= 0.6 is 0 Å². The van der Waals surface area contributed by atoms with Crippen molar-refractivity contribution in [2.24, 2.45) is 0 Å². The highest BCUT2D eigenvalue weighted by molar-refractivity contribution is 5.99. The van der Waals surface area contributed by atoms with E-state index in [1.807, 2.05) is 0 Å². The number of nitrogen functional groups attached to an aromatic ring is 1. The van der Waals surface area contributed by atoms with Gasteiger partial charge >= 0.3 is 11.9 Å². The molecular weight excluding hydrogens is 252 g/mol. The average Bonchev–Trinajstić information content (AvgIpc) is 2.59. The number of anilines is 2. The van der Waals surface area contributed by atoms with Gasteiger partial charge in [-0.15, -0.1) is 0 Å². The number of aliphatic carboxylic acids is 1. The summed E-state index contributed by atoms with van der Waals surface area (Å²) in [4.78, 5) is 22.4. The molecule has 0 atom stereocenters. The van der Waals surface area contributed by atoms with Crippen molar-refractivity contribution in [3.63, 3.8) is 0 Å². The first-order valence-electron chi connectivity index (χ1n) is 5.96. The highest BCUT2D eigenvalue weighted by Crippen LogP contribution is 2.28. The van der Waals surface area contributed by atoms with E-state index in [4.69, 9.17) is 10.8 Å². The molecule has 1 aliphatic rings. The van der Waals surface area contributed by atoms with Crippen molar-refractivity contribution in [1.82, 2.24) is 9.78 Å². The Kier molecular flexibility index (Phi) is 3.59. The Morgan fingerprint density at radius 1 is 1.58 bits per heavy atom. The molecule has 0 aliphatic heterocycles. The molecule has 1 aromatic heterocycles. The summed E-state index contributed by atoms with van der Waals surface area (Å²) in [5.74, 6) is -1.43. The fraction of sp³-hybridized carbons (Fsp3) is 0.545. The molecule has 0 amide bonds. The summed E-state index contributed by atoms with van der Waals surface area (Å²) in [6.07, 6.45) is 3.11. The van der Waals surface area contributed by atoms with Crippen LogP contribution in [0.2, 0.25) is 0 Å². The largest absolute Gasteiger partial charge is 0.480 e. The summed E-state index contributed by atoms with van der Waals surface area (Å²) in [5.41, 5.74) is 5.85. The smallest absolute Gasteiger partial charge is 0.345 e. The lowest BCUT2D eigenvalue weighted by atomic mass is 9.93. The van der Waals surface area contributed by atoms with Crippen LogP contribution in [0, 0.1) is 0 Å². The molecule has 0 bridgehead atoms. The van der Waals surface area contributed by atoms with E-state index < -0.39 is 18.5 Å². The van der Waals surface area contributed by atoms with Crippen LogP contribution in [0.25, 0.3) is 0 Å². The van der Waals surface area contributed by atoms with Crippen molar-refractivity contribution >= 4 is 23.6 Å². The number of carbonyl (C=O) groups excluding carboxylic acids is 1. The first-order valence-corrected chi connectivity index (χ1v) is 5.96. The molecule has 4 N–H and O–H groups in total. The van der Waals surface area contributed by atoms with Crippen molar-refractivity contribution in [2.75, 3.05) is 18.2 Å². The van der Waals surface area contributed by atoms with E-state index in [1.54, 1.807) is 0 Å². The summed E-state index contributed by atoms with van der Waals surface area (Å²) < 4.78 is 5.73. The minimum Gasteiger partial charge on any atom is -0.480 e. The lowest BCUT2D eigenvalue weighted by Gasteiger charge is -2.26. The topological polar surface area (TPSA) is 119 Å². The highest BCUT2D eigenvalue weighted by Gasteiger charge is 2.27. The molecule has 1 saturated carbocycles. The predicted octanol–water partition coefficient (Wildman–Crippen LogP) is 0.301. The van der Waals surface area contributed by atoms with Crippen LogP contribution in [0.3, 0.4) is 0 Å². The van der Waals surface area contributed by atoms with Crippen molar-refractivity contribution in [3.8, 4) is 0 Å². The van der Waals surface area contributed by atoms with Crippen molar-refractivity contribution in [1.29, 1.82) is 0 Å². The molecule has 1 aromatic rings. The second kappa shape index (κ2) is 5.17. The summed E-state index contributed by atoms with van der Waals surface area (Å²) in [5, 5.41) is 15.9. The number of ether oxygens (including phenoxy) is 1. The van der Waals surface area contributed by atoms with Gasteiger partial charge in [0.05, 0.1) is 7.11 Å². The zero-order chi connectivity index (χ0) is 14.0. The quantitative estimate of drug-likeness (QED) is 0.657. The fourth-order valence-corrected chi connectivity index (χ4v) is 1.87. The normalized spacial score (nSPS) is 14.8. The number of rotatable bonds is 5. The Balaban J connectivity index is 2.32. The van der Waals surface area contributed by atoms with E-state index in [0.717, 1.165) is 23.9 Å². The van der Waals surface area contributed by atoms with Gasteiger partial charge in [0, 0.05) is 6.04 Å². The maximum Gasteiger partial charge on any atom is 0.345 e. The maximum atomic E-state index is 11.7. The summed E-state index contributed by atoms with van der Waals surface area (Å²) in [6, 6.07) is 0.246. The highest BCUT2D eigenvalue weighted by atomic mass is 16.5. The molecule has 104 valence electrons. The van der Waals surface area contributed by atoms with Gasteiger partial charge in [0.25, 0.3) is 0 Å². The molecule has 0 saturated heterocycles. The molecule has 1 aliphatic carbocycles. The van der Waals surface area contributed by atoms with Gasteiger partial charge < -0.3 is 20.9 Å². The van der Waals surface area contributed by atoms with Crippen LogP contribution in [0.15, 0.2) is 0 Å². The van der Waals surface area contributed by atoms with E-state index in [0.29, 0.717) is 0 Å². The van der Waals surface area contributed by atoms with Crippen LogP contribution in [-0.4, -0.2) is 40.0 Å². The summed E-state index contributed by atoms with van der Waals surface area (Å²) in [7, 11) is 1.24. The number of carbonyl (C=O) groups is 2. The summed E-state index contributed by atoms with van der Waals surface area (Å²) >= 11 is 0. The van der Waals surface area contributed by atoms with Crippen molar-refractivity contribution in [3.05, 3.63) is 5.56 Å². The zero-order valence-electron chi connectivity index (χ0n) is 10.5. The van der Waals surface area contributed by atoms with Gasteiger partial charge in [-0.2, -0.15) is 5.10 Å². The Hall–Kier alpha value is -2.25. The van der Waals surface area contributed by atoms with Gasteiger partial charge in [-0.3, -0.25) is 4.79 Å². The Morgan fingerprint density at radius 3 is 2.74 bits per heavy atom.